The molecule has 10 heavy (non-hydrogen) atoms. The maximum atomic E-state index is 9.33. The molecular formula is C7H10B2O. The minimum atomic E-state index is 0.422. The van der Waals surface area contributed by atoms with E-state index in [2.05, 4.69) is 0 Å². The molecule has 0 saturated carbocycles. The van der Waals surface area contributed by atoms with E-state index in [0.717, 1.165) is 10.9 Å². The summed E-state index contributed by atoms with van der Waals surface area (Å²) in [4.78, 5) is 0. The van der Waals surface area contributed by atoms with Crippen LogP contribution in [0.1, 0.15) is 5.56 Å². The van der Waals surface area contributed by atoms with Gasteiger partial charge in [-0.05, 0) is 17.8 Å². The van der Waals surface area contributed by atoms with Crippen molar-refractivity contribution in [2.45, 2.75) is 6.92 Å². The number of phenolic OH excluding ortho intramolecular Hbond substituents is 1. The minimum absolute atomic E-state index is 0.422. The summed E-state index contributed by atoms with van der Waals surface area (Å²) in [6.45, 7) is 2.03. The molecule has 1 nitrogen and oxygen atoms in total. The normalized spacial score (nSPS) is 9.70. The van der Waals surface area contributed by atoms with Gasteiger partial charge in [-0.1, -0.05) is 17.7 Å². The molecule has 0 aliphatic heterocycles. The van der Waals surface area contributed by atoms with Crippen molar-refractivity contribution in [3.05, 3.63) is 17.7 Å². The van der Waals surface area contributed by atoms with Crippen molar-refractivity contribution >= 4 is 26.6 Å². The summed E-state index contributed by atoms with van der Waals surface area (Å²) in [5.74, 6) is 0.422. The van der Waals surface area contributed by atoms with Crippen LogP contribution in [0.5, 0.6) is 5.75 Å². The number of rotatable bonds is 0. The molecule has 1 aromatic rings. The molecule has 0 radical (unpaired) electrons. The summed E-state index contributed by atoms with van der Waals surface area (Å²) in [7, 11) is 3.82. The van der Waals surface area contributed by atoms with Gasteiger partial charge < -0.3 is 5.11 Å². The second-order valence-electron chi connectivity index (χ2n) is 2.75. The Kier molecular flexibility index (Phi) is 1.75. The number of aryl methyl sites for hydroxylation is 1. The number of hydrogen-bond donors (Lipinski definition) is 1. The first-order valence-electron chi connectivity index (χ1n) is 3.38. The molecule has 0 fully saturated rings. The molecule has 0 saturated heterocycles. The molecule has 0 heterocycles. The summed E-state index contributed by atoms with van der Waals surface area (Å²) in [5.41, 5.74) is 3.11. The van der Waals surface area contributed by atoms with Gasteiger partial charge in [-0.15, -0.1) is 0 Å². The predicted octanol–water partition coefficient (Wildman–Crippen LogP) is -1.78. The third kappa shape index (κ3) is 1.18. The van der Waals surface area contributed by atoms with Gasteiger partial charge in [-0.25, -0.2) is 0 Å². The van der Waals surface area contributed by atoms with Crippen molar-refractivity contribution in [2.24, 2.45) is 0 Å². The van der Waals surface area contributed by atoms with Crippen LogP contribution in [0.3, 0.4) is 0 Å². The van der Waals surface area contributed by atoms with Crippen LogP contribution in [0.15, 0.2) is 12.1 Å². The van der Waals surface area contributed by atoms with Crippen molar-refractivity contribution in [1.29, 1.82) is 0 Å². The molecule has 0 aliphatic rings. The van der Waals surface area contributed by atoms with E-state index in [0.29, 0.717) is 5.75 Å². The van der Waals surface area contributed by atoms with Crippen LogP contribution in [0.25, 0.3) is 0 Å². The highest BCUT2D eigenvalue weighted by molar-refractivity contribution is 6.41. The molecule has 0 bridgehead atoms. The maximum absolute atomic E-state index is 9.33. The van der Waals surface area contributed by atoms with Crippen LogP contribution < -0.4 is 10.9 Å². The molecule has 3 heteroatoms. The second-order valence-corrected chi connectivity index (χ2v) is 2.75. The van der Waals surface area contributed by atoms with Crippen molar-refractivity contribution in [3.8, 4) is 5.75 Å². The number of benzene rings is 1. The fourth-order valence-electron chi connectivity index (χ4n) is 1.17. The van der Waals surface area contributed by atoms with E-state index in [9.17, 15) is 5.11 Å². The second kappa shape index (κ2) is 2.41. The molecular weight excluding hydrogens is 122 g/mol. The first-order chi connectivity index (χ1) is 4.61. The largest absolute Gasteiger partial charge is 0.509 e. The third-order valence-corrected chi connectivity index (χ3v) is 1.64. The van der Waals surface area contributed by atoms with Gasteiger partial charge in [0.15, 0.2) is 0 Å². The molecule has 1 rings (SSSR count). The zero-order valence-corrected chi connectivity index (χ0v) is 6.60. The van der Waals surface area contributed by atoms with E-state index >= 15 is 0 Å². The van der Waals surface area contributed by atoms with Crippen molar-refractivity contribution < 1.29 is 5.11 Å². The average Bonchev–Trinajstić information content (AvgIpc) is 1.82. The Morgan fingerprint density at radius 3 is 2.00 bits per heavy atom. The van der Waals surface area contributed by atoms with Crippen LogP contribution >= 0.6 is 0 Å². The summed E-state index contributed by atoms with van der Waals surface area (Å²) >= 11 is 0. The molecule has 1 N–H and O–H groups in total. The SMILES string of the molecule is Bc1cc(C)cc(B)c1O. The lowest BCUT2D eigenvalue weighted by Gasteiger charge is -2.03. The highest BCUT2D eigenvalue weighted by Crippen LogP contribution is 2.00. The first kappa shape index (κ1) is 7.26. The van der Waals surface area contributed by atoms with Crippen LogP contribution in [-0.4, -0.2) is 20.8 Å². The van der Waals surface area contributed by atoms with Crippen molar-refractivity contribution in [3.63, 3.8) is 0 Å². The van der Waals surface area contributed by atoms with Gasteiger partial charge in [0, 0.05) is 0 Å². The molecule has 50 valence electrons. The van der Waals surface area contributed by atoms with Crippen LogP contribution in [0.2, 0.25) is 0 Å². The highest BCUT2D eigenvalue weighted by Gasteiger charge is 1.98. The van der Waals surface area contributed by atoms with Crippen LogP contribution in [0, 0.1) is 6.92 Å². The van der Waals surface area contributed by atoms with Gasteiger partial charge >= 0.3 is 0 Å². The lowest BCUT2D eigenvalue weighted by atomic mass is 9.84. The molecule has 0 aromatic heterocycles. The Balaban J connectivity index is 3.31. The van der Waals surface area contributed by atoms with Crippen molar-refractivity contribution in [2.75, 3.05) is 0 Å². The van der Waals surface area contributed by atoms with E-state index in [1.165, 1.54) is 5.56 Å². The summed E-state index contributed by atoms with van der Waals surface area (Å²) in [6.07, 6.45) is 0. The Morgan fingerprint density at radius 2 is 1.60 bits per heavy atom. The Hall–Kier alpha value is -0.850. The fourth-order valence-corrected chi connectivity index (χ4v) is 1.17. The van der Waals surface area contributed by atoms with E-state index in [1.807, 2.05) is 34.7 Å². The molecule has 0 unspecified atom stereocenters. The van der Waals surface area contributed by atoms with Gasteiger partial charge in [0.05, 0.1) is 0 Å². The Morgan fingerprint density at radius 1 is 1.20 bits per heavy atom. The van der Waals surface area contributed by atoms with Gasteiger partial charge in [0.1, 0.15) is 21.4 Å². The molecule has 0 aliphatic carbocycles. The Bertz CT molecular complexity index is 235. The quantitative estimate of drug-likeness (QED) is 0.413. The zero-order valence-electron chi connectivity index (χ0n) is 6.60. The Labute approximate surface area is 62.9 Å². The molecule has 1 aromatic carbocycles. The number of phenols is 1. The van der Waals surface area contributed by atoms with E-state index in [4.69, 9.17) is 0 Å². The van der Waals surface area contributed by atoms with E-state index < -0.39 is 0 Å². The topological polar surface area (TPSA) is 20.2 Å². The fraction of sp³-hybridized carbons (Fsp3) is 0.143. The zero-order chi connectivity index (χ0) is 7.72. The van der Waals surface area contributed by atoms with Crippen LogP contribution in [-0.2, 0) is 0 Å². The average molecular weight is 132 g/mol. The predicted molar refractivity (Wildman–Crippen MR) is 49.2 cm³/mol. The van der Waals surface area contributed by atoms with Crippen molar-refractivity contribution in [1.82, 2.24) is 0 Å². The van der Waals surface area contributed by atoms with E-state index in [-0.39, 0.29) is 0 Å². The molecule has 0 atom stereocenters. The lowest BCUT2D eigenvalue weighted by Crippen LogP contribution is -2.15. The first-order valence-corrected chi connectivity index (χ1v) is 3.38. The smallest absolute Gasteiger partial charge is 0.144 e. The summed E-state index contributed by atoms with van der Waals surface area (Å²) in [5, 5.41) is 9.33. The lowest BCUT2D eigenvalue weighted by molar-refractivity contribution is 0.484. The van der Waals surface area contributed by atoms with Crippen LogP contribution in [0.4, 0.5) is 0 Å². The van der Waals surface area contributed by atoms with Gasteiger partial charge in [0.2, 0.25) is 0 Å². The number of aromatic hydroxyl groups is 1. The summed E-state index contributed by atoms with van der Waals surface area (Å²) < 4.78 is 0. The van der Waals surface area contributed by atoms with Gasteiger partial charge in [-0.3, -0.25) is 0 Å². The third-order valence-electron chi connectivity index (χ3n) is 1.64. The summed E-state index contributed by atoms with van der Waals surface area (Å²) in [6, 6.07) is 3.95. The molecule has 0 spiro atoms. The highest BCUT2D eigenvalue weighted by atomic mass is 16.3. The monoisotopic (exact) mass is 132 g/mol. The maximum Gasteiger partial charge on any atom is 0.144 e. The molecule has 0 amide bonds. The standard InChI is InChI=1S/C7H10B2O/c1-4-2-5(8)7(10)6(9)3-4/h2-3,10H,8-9H2,1H3. The number of hydrogen-bond acceptors (Lipinski definition) is 1. The van der Waals surface area contributed by atoms with Gasteiger partial charge in [-0.2, -0.15) is 0 Å². The van der Waals surface area contributed by atoms with Gasteiger partial charge in [0.25, 0.3) is 0 Å². The van der Waals surface area contributed by atoms with E-state index in [1.54, 1.807) is 0 Å². The minimum Gasteiger partial charge on any atom is -0.509 e.